The standard InChI is InChI=1S/C11H19NO2/c1-3-6-11(10(13)14)7-5-9-12(11)8-4-2/h4H,2-3,5-9H2,1H3,(H,13,14). The van der Waals surface area contributed by atoms with Crippen LogP contribution in [0.15, 0.2) is 12.7 Å². The minimum Gasteiger partial charge on any atom is -0.480 e. The molecule has 1 atom stereocenters. The van der Waals surface area contributed by atoms with Crippen LogP contribution in [0.3, 0.4) is 0 Å². The molecule has 3 heteroatoms. The van der Waals surface area contributed by atoms with Gasteiger partial charge in [-0.05, 0) is 25.8 Å². The second-order valence-electron chi connectivity index (χ2n) is 3.92. The number of likely N-dealkylation sites (tertiary alicyclic amines) is 1. The van der Waals surface area contributed by atoms with Crippen molar-refractivity contribution in [1.82, 2.24) is 4.90 Å². The van der Waals surface area contributed by atoms with E-state index in [0.29, 0.717) is 6.54 Å². The summed E-state index contributed by atoms with van der Waals surface area (Å²) in [6.45, 7) is 7.29. The molecule has 0 bridgehead atoms. The summed E-state index contributed by atoms with van der Waals surface area (Å²) in [4.78, 5) is 13.4. The monoisotopic (exact) mass is 197 g/mol. The molecule has 0 radical (unpaired) electrons. The van der Waals surface area contributed by atoms with E-state index in [1.165, 1.54) is 0 Å². The summed E-state index contributed by atoms with van der Waals surface area (Å²) in [6, 6.07) is 0. The lowest BCUT2D eigenvalue weighted by Gasteiger charge is -2.33. The molecule has 1 N–H and O–H groups in total. The molecule has 1 aliphatic rings. The zero-order valence-corrected chi connectivity index (χ0v) is 8.83. The number of hydrogen-bond acceptors (Lipinski definition) is 2. The molecule has 0 aliphatic carbocycles. The highest BCUT2D eigenvalue weighted by Crippen LogP contribution is 2.33. The van der Waals surface area contributed by atoms with Gasteiger partial charge in [-0.15, -0.1) is 6.58 Å². The van der Waals surface area contributed by atoms with Crippen LogP contribution in [0, 0.1) is 0 Å². The fraction of sp³-hybridized carbons (Fsp3) is 0.727. The van der Waals surface area contributed by atoms with Crippen molar-refractivity contribution in [3.63, 3.8) is 0 Å². The van der Waals surface area contributed by atoms with Crippen LogP contribution in [0.25, 0.3) is 0 Å². The largest absolute Gasteiger partial charge is 0.480 e. The Morgan fingerprint density at radius 2 is 2.43 bits per heavy atom. The minimum absolute atomic E-state index is 0.608. The van der Waals surface area contributed by atoms with Gasteiger partial charge in [-0.1, -0.05) is 19.4 Å². The first-order valence-electron chi connectivity index (χ1n) is 5.26. The van der Waals surface area contributed by atoms with Crippen molar-refractivity contribution in [2.75, 3.05) is 13.1 Å². The van der Waals surface area contributed by atoms with E-state index in [-0.39, 0.29) is 0 Å². The molecule has 0 amide bonds. The third-order valence-corrected chi connectivity index (χ3v) is 3.03. The van der Waals surface area contributed by atoms with Crippen LogP contribution < -0.4 is 0 Å². The van der Waals surface area contributed by atoms with Gasteiger partial charge in [0.15, 0.2) is 0 Å². The van der Waals surface area contributed by atoms with Gasteiger partial charge in [0, 0.05) is 6.54 Å². The molecule has 1 aliphatic heterocycles. The predicted octanol–water partition coefficient (Wildman–Crippen LogP) is 1.89. The molecule has 0 saturated carbocycles. The van der Waals surface area contributed by atoms with Gasteiger partial charge in [0.2, 0.25) is 0 Å². The van der Waals surface area contributed by atoms with Gasteiger partial charge in [-0.3, -0.25) is 9.69 Å². The molecule has 0 aromatic carbocycles. The average Bonchev–Trinajstić information content (AvgIpc) is 2.51. The topological polar surface area (TPSA) is 40.5 Å². The fourth-order valence-electron chi connectivity index (χ4n) is 2.40. The molecular formula is C11H19NO2. The van der Waals surface area contributed by atoms with Gasteiger partial charge in [0.1, 0.15) is 5.54 Å². The fourth-order valence-corrected chi connectivity index (χ4v) is 2.40. The highest BCUT2D eigenvalue weighted by Gasteiger charge is 2.45. The van der Waals surface area contributed by atoms with Crippen molar-refractivity contribution >= 4 is 5.97 Å². The molecule has 0 spiro atoms. The number of carboxylic acids is 1. The first-order valence-corrected chi connectivity index (χ1v) is 5.26. The molecule has 1 saturated heterocycles. The molecular weight excluding hydrogens is 178 g/mol. The summed E-state index contributed by atoms with van der Waals surface area (Å²) < 4.78 is 0. The Balaban J connectivity index is 2.82. The smallest absolute Gasteiger partial charge is 0.324 e. The van der Waals surface area contributed by atoms with Crippen LogP contribution in [-0.4, -0.2) is 34.6 Å². The third kappa shape index (κ3) is 1.82. The van der Waals surface area contributed by atoms with Gasteiger partial charge >= 0.3 is 5.97 Å². The van der Waals surface area contributed by atoms with Crippen LogP contribution in [0.1, 0.15) is 32.6 Å². The van der Waals surface area contributed by atoms with Crippen molar-refractivity contribution in [2.24, 2.45) is 0 Å². The Bertz CT molecular complexity index is 227. The summed E-state index contributed by atoms with van der Waals surface area (Å²) in [5.74, 6) is -0.668. The van der Waals surface area contributed by atoms with Gasteiger partial charge in [0.05, 0.1) is 0 Å². The molecule has 0 aromatic heterocycles. The van der Waals surface area contributed by atoms with Crippen LogP contribution in [-0.2, 0) is 4.79 Å². The Hall–Kier alpha value is -0.830. The van der Waals surface area contributed by atoms with Crippen molar-refractivity contribution in [3.8, 4) is 0 Å². The number of carboxylic acid groups (broad SMARTS) is 1. The van der Waals surface area contributed by atoms with Crippen molar-refractivity contribution in [3.05, 3.63) is 12.7 Å². The summed E-state index contributed by atoms with van der Waals surface area (Å²) in [6.07, 6.45) is 5.22. The van der Waals surface area contributed by atoms with E-state index >= 15 is 0 Å². The number of nitrogens with zero attached hydrogens (tertiary/aromatic N) is 1. The van der Waals surface area contributed by atoms with Crippen LogP contribution >= 0.6 is 0 Å². The molecule has 80 valence electrons. The number of carbonyl (C=O) groups is 1. The number of rotatable bonds is 5. The number of hydrogen-bond donors (Lipinski definition) is 1. The zero-order valence-electron chi connectivity index (χ0n) is 8.83. The second kappa shape index (κ2) is 4.60. The SMILES string of the molecule is C=CCN1CCCC1(CCC)C(=O)O. The highest BCUT2D eigenvalue weighted by molar-refractivity contribution is 5.79. The minimum atomic E-state index is -0.668. The lowest BCUT2D eigenvalue weighted by atomic mass is 9.91. The second-order valence-corrected chi connectivity index (χ2v) is 3.92. The van der Waals surface area contributed by atoms with Gasteiger partial charge in [-0.2, -0.15) is 0 Å². The molecule has 14 heavy (non-hydrogen) atoms. The normalized spacial score (nSPS) is 27.8. The van der Waals surface area contributed by atoms with Crippen LogP contribution in [0.2, 0.25) is 0 Å². The maximum atomic E-state index is 11.3. The van der Waals surface area contributed by atoms with E-state index in [0.717, 1.165) is 32.2 Å². The Morgan fingerprint density at radius 1 is 1.71 bits per heavy atom. The molecule has 3 nitrogen and oxygen atoms in total. The first kappa shape index (κ1) is 11.2. The third-order valence-electron chi connectivity index (χ3n) is 3.03. The van der Waals surface area contributed by atoms with E-state index < -0.39 is 11.5 Å². The van der Waals surface area contributed by atoms with Gasteiger partial charge in [0.25, 0.3) is 0 Å². The summed E-state index contributed by atoms with van der Waals surface area (Å²) >= 11 is 0. The predicted molar refractivity (Wildman–Crippen MR) is 56.3 cm³/mol. The lowest BCUT2D eigenvalue weighted by Crippen LogP contribution is -2.50. The Morgan fingerprint density at radius 3 is 2.93 bits per heavy atom. The van der Waals surface area contributed by atoms with Crippen molar-refractivity contribution < 1.29 is 9.90 Å². The van der Waals surface area contributed by atoms with E-state index in [2.05, 4.69) is 6.58 Å². The zero-order chi connectivity index (χ0) is 10.6. The summed E-state index contributed by atoms with van der Waals surface area (Å²) in [5.41, 5.74) is -0.608. The maximum absolute atomic E-state index is 11.3. The average molecular weight is 197 g/mol. The van der Waals surface area contributed by atoms with E-state index in [4.69, 9.17) is 0 Å². The van der Waals surface area contributed by atoms with E-state index in [9.17, 15) is 9.90 Å². The number of aliphatic carboxylic acids is 1. The van der Waals surface area contributed by atoms with E-state index in [1.807, 2.05) is 11.8 Å². The molecule has 1 heterocycles. The van der Waals surface area contributed by atoms with Crippen LogP contribution in [0.5, 0.6) is 0 Å². The Kier molecular flexibility index (Phi) is 3.69. The summed E-state index contributed by atoms with van der Waals surface area (Å²) in [5, 5.41) is 9.32. The lowest BCUT2D eigenvalue weighted by molar-refractivity contribution is -0.150. The maximum Gasteiger partial charge on any atom is 0.324 e. The molecule has 1 fully saturated rings. The molecule has 0 aromatic rings. The quantitative estimate of drug-likeness (QED) is 0.684. The molecule has 1 rings (SSSR count). The highest BCUT2D eigenvalue weighted by atomic mass is 16.4. The van der Waals surface area contributed by atoms with Crippen molar-refractivity contribution in [1.29, 1.82) is 0 Å². The van der Waals surface area contributed by atoms with Crippen molar-refractivity contribution in [2.45, 2.75) is 38.1 Å². The molecule has 1 unspecified atom stereocenters. The van der Waals surface area contributed by atoms with E-state index in [1.54, 1.807) is 6.08 Å². The van der Waals surface area contributed by atoms with Gasteiger partial charge in [-0.25, -0.2) is 0 Å². The van der Waals surface area contributed by atoms with Crippen LogP contribution in [0.4, 0.5) is 0 Å². The first-order chi connectivity index (χ1) is 6.67. The van der Waals surface area contributed by atoms with Gasteiger partial charge < -0.3 is 5.11 Å². The summed E-state index contributed by atoms with van der Waals surface area (Å²) in [7, 11) is 0. The Labute approximate surface area is 85.4 Å².